The van der Waals surface area contributed by atoms with Crippen LogP contribution in [0.15, 0.2) is 26.4 Å². The third-order valence-electron chi connectivity index (χ3n) is 4.04. The van der Waals surface area contributed by atoms with Crippen molar-refractivity contribution in [1.29, 1.82) is 0 Å². The van der Waals surface area contributed by atoms with Crippen LogP contribution in [0.4, 0.5) is 0 Å². The van der Waals surface area contributed by atoms with E-state index in [1.807, 2.05) is 13.0 Å². The van der Waals surface area contributed by atoms with Crippen molar-refractivity contribution in [2.75, 3.05) is 39.3 Å². The molecule has 2 aromatic heterocycles. The third kappa shape index (κ3) is 5.02. The van der Waals surface area contributed by atoms with E-state index in [2.05, 4.69) is 37.3 Å². The van der Waals surface area contributed by atoms with Crippen molar-refractivity contribution in [1.82, 2.24) is 30.4 Å². The molecule has 9 heteroatoms. The first-order chi connectivity index (χ1) is 12.2. The van der Waals surface area contributed by atoms with Gasteiger partial charge in [-0.05, 0) is 13.8 Å². The number of aliphatic imine (C=N–C) groups is 1. The number of aromatic nitrogens is 3. The van der Waals surface area contributed by atoms with Gasteiger partial charge in [-0.2, -0.15) is 4.98 Å². The molecule has 25 heavy (non-hydrogen) atoms. The predicted octanol–water partition coefficient (Wildman–Crippen LogP) is 0.692. The van der Waals surface area contributed by atoms with Crippen molar-refractivity contribution in [3.05, 3.63) is 29.7 Å². The maximum absolute atomic E-state index is 5.13. The Bertz CT molecular complexity index is 660. The van der Waals surface area contributed by atoms with Crippen molar-refractivity contribution in [2.45, 2.75) is 26.8 Å². The number of rotatable bonds is 6. The van der Waals surface area contributed by atoms with Gasteiger partial charge in [0.15, 0.2) is 11.8 Å². The summed E-state index contributed by atoms with van der Waals surface area (Å²) in [5, 5.41) is 11.1. The first-order valence-corrected chi connectivity index (χ1v) is 8.68. The lowest BCUT2D eigenvalue weighted by Gasteiger charge is -2.36. The molecule has 1 aliphatic heterocycles. The van der Waals surface area contributed by atoms with Gasteiger partial charge in [0, 0.05) is 51.8 Å². The highest BCUT2D eigenvalue weighted by Crippen LogP contribution is 2.07. The number of nitrogens with zero attached hydrogens (tertiary/aromatic N) is 6. The van der Waals surface area contributed by atoms with E-state index in [1.54, 1.807) is 6.26 Å². The van der Waals surface area contributed by atoms with E-state index in [1.165, 1.54) is 0 Å². The van der Waals surface area contributed by atoms with E-state index in [0.29, 0.717) is 24.7 Å². The van der Waals surface area contributed by atoms with Crippen molar-refractivity contribution in [2.24, 2.45) is 4.99 Å². The number of hydrogen-bond donors (Lipinski definition) is 1. The zero-order chi connectivity index (χ0) is 17.5. The molecule has 1 N–H and O–H groups in total. The zero-order valence-corrected chi connectivity index (χ0v) is 14.8. The zero-order valence-electron chi connectivity index (χ0n) is 14.8. The Morgan fingerprint density at radius 1 is 1.28 bits per heavy atom. The summed E-state index contributed by atoms with van der Waals surface area (Å²) in [6.45, 7) is 10.0. The summed E-state index contributed by atoms with van der Waals surface area (Å²) in [5.41, 5.74) is 0.976. The minimum absolute atomic E-state index is 0.628. The molecule has 0 radical (unpaired) electrons. The highest BCUT2D eigenvalue weighted by atomic mass is 16.5. The Morgan fingerprint density at radius 3 is 2.76 bits per heavy atom. The van der Waals surface area contributed by atoms with Crippen molar-refractivity contribution in [3.8, 4) is 0 Å². The molecule has 2 aromatic rings. The number of guanidine groups is 1. The monoisotopic (exact) mass is 347 g/mol. The highest BCUT2D eigenvalue weighted by Gasteiger charge is 2.20. The van der Waals surface area contributed by atoms with E-state index in [4.69, 9.17) is 14.0 Å². The second-order valence-corrected chi connectivity index (χ2v) is 5.97. The molecular formula is C16H25N7O2. The number of nitrogens with one attached hydrogen (secondary N) is 1. The van der Waals surface area contributed by atoms with E-state index >= 15 is 0 Å². The van der Waals surface area contributed by atoms with Crippen molar-refractivity contribution in [3.63, 3.8) is 0 Å². The lowest BCUT2D eigenvalue weighted by Crippen LogP contribution is -2.52. The smallest absolute Gasteiger partial charge is 0.228 e. The van der Waals surface area contributed by atoms with Gasteiger partial charge in [-0.1, -0.05) is 10.3 Å². The number of piperazine rings is 1. The largest absolute Gasteiger partial charge is 0.364 e. The Morgan fingerprint density at radius 2 is 2.12 bits per heavy atom. The topological polar surface area (TPSA) is 95.8 Å². The molecule has 0 amide bonds. The molecule has 0 saturated carbocycles. The lowest BCUT2D eigenvalue weighted by atomic mass is 10.3. The molecule has 0 spiro atoms. The van der Waals surface area contributed by atoms with E-state index < -0.39 is 0 Å². The Balaban J connectivity index is 1.49. The Kier molecular flexibility index (Phi) is 5.99. The van der Waals surface area contributed by atoms with Gasteiger partial charge in [-0.15, -0.1) is 0 Å². The summed E-state index contributed by atoms with van der Waals surface area (Å²) in [5.74, 6) is 2.24. The van der Waals surface area contributed by atoms with Crippen LogP contribution in [0.2, 0.25) is 0 Å². The van der Waals surface area contributed by atoms with E-state index in [0.717, 1.165) is 50.9 Å². The maximum atomic E-state index is 5.13. The fourth-order valence-corrected chi connectivity index (χ4v) is 2.79. The van der Waals surface area contributed by atoms with Crippen LogP contribution >= 0.6 is 0 Å². The standard InChI is InChI=1S/C16H25N7O2/c1-3-17-16(18-6-4-15-19-13(2)20-25-15)23-9-7-22(8-10-23)12-14-5-11-24-21-14/h5,11H,3-4,6-10,12H2,1-2H3,(H,17,18). The van der Waals surface area contributed by atoms with Crippen LogP contribution in [0.3, 0.4) is 0 Å². The molecule has 0 aliphatic carbocycles. The van der Waals surface area contributed by atoms with E-state index in [-0.39, 0.29) is 0 Å². The average Bonchev–Trinajstić information content (AvgIpc) is 3.27. The van der Waals surface area contributed by atoms with Gasteiger partial charge in [0.05, 0.1) is 12.2 Å². The van der Waals surface area contributed by atoms with Gasteiger partial charge >= 0.3 is 0 Å². The fraction of sp³-hybridized carbons (Fsp3) is 0.625. The second kappa shape index (κ2) is 8.61. The molecule has 1 aliphatic rings. The van der Waals surface area contributed by atoms with Gasteiger partial charge in [0.1, 0.15) is 6.26 Å². The SMILES string of the molecule is CCNC(=NCCc1nc(C)no1)N1CCN(Cc2ccon2)CC1. The quantitative estimate of drug-likeness (QED) is 0.602. The second-order valence-electron chi connectivity index (χ2n) is 5.97. The normalized spacial score (nSPS) is 16.4. The number of aryl methyl sites for hydroxylation is 1. The van der Waals surface area contributed by atoms with Gasteiger partial charge < -0.3 is 19.3 Å². The molecule has 9 nitrogen and oxygen atoms in total. The summed E-state index contributed by atoms with van der Waals surface area (Å²) >= 11 is 0. The summed E-state index contributed by atoms with van der Waals surface area (Å²) < 4.78 is 10.0. The maximum Gasteiger partial charge on any atom is 0.228 e. The molecular weight excluding hydrogens is 322 g/mol. The molecule has 0 aromatic carbocycles. The lowest BCUT2D eigenvalue weighted by molar-refractivity contribution is 0.169. The first kappa shape index (κ1) is 17.4. The third-order valence-corrected chi connectivity index (χ3v) is 4.04. The van der Waals surface area contributed by atoms with Gasteiger partial charge in [0.25, 0.3) is 0 Å². The molecule has 1 saturated heterocycles. The van der Waals surface area contributed by atoms with Crippen LogP contribution < -0.4 is 5.32 Å². The molecule has 0 bridgehead atoms. The highest BCUT2D eigenvalue weighted by molar-refractivity contribution is 5.80. The van der Waals surface area contributed by atoms with E-state index in [9.17, 15) is 0 Å². The van der Waals surface area contributed by atoms with Crippen LogP contribution in [0.25, 0.3) is 0 Å². The van der Waals surface area contributed by atoms with Crippen LogP contribution in [0, 0.1) is 6.92 Å². The van der Waals surface area contributed by atoms with Gasteiger partial charge in [-0.3, -0.25) is 9.89 Å². The summed E-state index contributed by atoms with van der Waals surface area (Å²) in [6, 6.07) is 1.91. The minimum Gasteiger partial charge on any atom is -0.364 e. The van der Waals surface area contributed by atoms with Crippen molar-refractivity contribution < 1.29 is 9.05 Å². The number of hydrogen-bond acceptors (Lipinski definition) is 7. The molecule has 0 unspecified atom stereocenters. The fourth-order valence-electron chi connectivity index (χ4n) is 2.79. The predicted molar refractivity (Wildman–Crippen MR) is 92.1 cm³/mol. The summed E-state index contributed by atoms with van der Waals surface area (Å²) in [6.07, 6.45) is 2.27. The molecule has 0 atom stereocenters. The van der Waals surface area contributed by atoms with Crippen LogP contribution in [0.5, 0.6) is 0 Å². The molecule has 3 rings (SSSR count). The summed E-state index contributed by atoms with van der Waals surface area (Å²) in [7, 11) is 0. The first-order valence-electron chi connectivity index (χ1n) is 8.68. The van der Waals surface area contributed by atoms with Crippen LogP contribution in [-0.4, -0.2) is 70.3 Å². The van der Waals surface area contributed by atoms with Crippen LogP contribution in [-0.2, 0) is 13.0 Å². The Hall–Kier alpha value is -2.42. The van der Waals surface area contributed by atoms with Crippen molar-refractivity contribution >= 4 is 5.96 Å². The summed E-state index contributed by atoms with van der Waals surface area (Å²) in [4.78, 5) is 13.6. The van der Waals surface area contributed by atoms with Gasteiger partial charge in [-0.25, -0.2) is 0 Å². The Labute approximate surface area is 147 Å². The average molecular weight is 347 g/mol. The van der Waals surface area contributed by atoms with Gasteiger partial charge in [0.2, 0.25) is 5.89 Å². The molecule has 136 valence electrons. The van der Waals surface area contributed by atoms with Crippen LogP contribution in [0.1, 0.15) is 24.3 Å². The molecule has 1 fully saturated rings. The minimum atomic E-state index is 0.628. The molecule has 3 heterocycles.